The number of amides is 2. The van der Waals surface area contributed by atoms with E-state index in [1.54, 1.807) is 24.3 Å². The van der Waals surface area contributed by atoms with Crippen LogP contribution in [0.25, 0.3) is 0 Å². The van der Waals surface area contributed by atoms with Crippen LogP contribution in [0.2, 0.25) is 0 Å². The van der Waals surface area contributed by atoms with E-state index in [-0.39, 0.29) is 17.6 Å². The van der Waals surface area contributed by atoms with Crippen molar-refractivity contribution in [2.75, 3.05) is 16.8 Å². The molecular formula is C15H20N2O5S. The number of sulfone groups is 1. The predicted octanol–water partition coefficient (Wildman–Crippen LogP) is 0.716. The summed E-state index contributed by atoms with van der Waals surface area (Å²) in [4.78, 5) is 23.9. The maximum atomic E-state index is 12.0. The normalized spacial score (nSPS) is 19.3. The fourth-order valence-electron chi connectivity index (χ4n) is 2.27. The Morgan fingerprint density at radius 1 is 1.22 bits per heavy atom. The van der Waals surface area contributed by atoms with E-state index in [1.165, 1.54) is 0 Å². The lowest BCUT2D eigenvalue weighted by molar-refractivity contribution is -0.136. The van der Waals surface area contributed by atoms with Crippen LogP contribution in [-0.4, -0.2) is 43.9 Å². The monoisotopic (exact) mass is 340 g/mol. The second kappa shape index (κ2) is 6.99. The molecule has 126 valence electrons. The molecule has 1 unspecified atom stereocenters. The van der Waals surface area contributed by atoms with Gasteiger partial charge >= 0.3 is 11.8 Å². The molecule has 1 heterocycles. The Balaban J connectivity index is 1.98. The van der Waals surface area contributed by atoms with Gasteiger partial charge in [-0.1, -0.05) is 12.1 Å². The molecule has 2 amide bonds. The van der Waals surface area contributed by atoms with Gasteiger partial charge in [0, 0.05) is 6.04 Å². The topological polar surface area (TPSA) is 102 Å². The molecule has 0 spiro atoms. The first-order valence-electron chi connectivity index (χ1n) is 7.35. The highest BCUT2D eigenvalue weighted by molar-refractivity contribution is 7.91. The molecule has 0 aliphatic carbocycles. The van der Waals surface area contributed by atoms with Gasteiger partial charge in [-0.25, -0.2) is 8.42 Å². The number of carbonyl (C=O) groups is 2. The van der Waals surface area contributed by atoms with Crippen LogP contribution in [0.3, 0.4) is 0 Å². The summed E-state index contributed by atoms with van der Waals surface area (Å²) in [5.74, 6) is -1.34. The van der Waals surface area contributed by atoms with E-state index >= 15 is 0 Å². The molecule has 1 aliphatic heterocycles. The summed E-state index contributed by atoms with van der Waals surface area (Å²) in [5.41, 5.74) is 0.389. The van der Waals surface area contributed by atoms with E-state index in [0.29, 0.717) is 17.9 Å². The van der Waals surface area contributed by atoms with Crippen LogP contribution in [0.15, 0.2) is 24.3 Å². The first-order chi connectivity index (χ1) is 10.8. The van der Waals surface area contributed by atoms with Crippen molar-refractivity contribution in [2.24, 2.45) is 0 Å². The van der Waals surface area contributed by atoms with Gasteiger partial charge in [0.2, 0.25) is 0 Å². The van der Waals surface area contributed by atoms with Crippen LogP contribution in [-0.2, 0) is 19.4 Å². The third-order valence-electron chi connectivity index (χ3n) is 3.27. The zero-order valence-corrected chi connectivity index (χ0v) is 13.9. The third kappa shape index (κ3) is 4.95. The van der Waals surface area contributed by atoms with Crippen molar-refractivity contribution >= 4 is 27.3 Å². The maximum Gasteiger partial charge on any atom is 0.313 e. The number of ether oxygens (including phenoxy) is 1. The number of para-hydroxylation sites is 2. The Morgan fingerprint density at radius 3 is 2.52 bits per heavy atom. The van der Waals surface area contributed by atoms with Crippen molar-refractivity contribution < 1.29 is 22.7 Å². The van der Waals surface area contributed by atoms with Gasteiger partial charge in [0.1, 0.15) is 5.75 Å². The van der Waals surface area contributed by atoms with Gasteiger partial charge in [-0.3, -0.25) is 9.59 Å². The zero-order valence-electron chi connectivity index (χ0n) is 13.0. The Kier molecular flexibility index (Phi) is 5.25. The van der Waals surface area contributed by atoms with Crippen LogP contribution in [0.1, 0.15) is 20.3 Å². The Bertz CT molecular complexity index is 700. The van der Waals surface area contributed by atoms with E-state index in [4.69, 9.17) is 4.74 Å². The number of nitrogens with one attached hydrogen (secondary N) is 2. The minimum Gasteiger partial charge on any atom is -0.489 e. The molecule has 7 nitrogen and oxygen atoms in total. The summed E-state index contributed by atoms with van der Waals surface area (Å²) in [6.07, 6.45) is 0.250. The Hall–Kier alpha value is -2.09. The van der Waals surface area contributed by atoms with Crippen LogP contribution in [0.5, 0.6) is 5.75 Å². The molecular weight excluding hydrogens is 320 g/mol. The molecule has 0 aromatic heterocycles. The molecule has 1 aromatic carbocycles. The van der Waals surface area contributed by atoms with Crippen LogP contribution < -0.4 is 15.4 Å². The van der Waals surface area contributed by atoms with Crippen molar-refractivity contribution in [2.45, 2.75) is 32.4 Å². The van der Waals surface area contributed by atoms with Gasteiger partial charge in [-0.2, -0.15) is 0 Å². The molecule has 1 saturated heterocycles. The van der Waals surface area contributed by atoms with Gasteiger partial charge in [0.15, 0.2) is 9.84 Å². The van der Waals surface area contributed by atoms with E-state index < -0.39 is 27.7 Å². The Labute approximate surface area is 135 Å². The lowest BCUT2D eigenvalue weighted by Crippen LogP contribution is -2.42. The van der Waals surface area contributed by atoms with Crippen molar-refractivity contribution in [3.63, 3.8) is 0 Å². The van der Waals surface area contributed by atoms with Gasteiger partial charge in [-0.15, -0.1) is 0 Å². The first kappa shape index (κ1) is 17.3. The van der Waals surface area contributed by atoms with Crippen LogP contribution in [0.4, 0.5) is 5.69 Å². The van der Waals surface area contributed by atoms with E-state index in [9.17, 15) is 18.0 Å². The molecule has 0 radical (unpaired) electrons. The third-order valence-corrected chi connectivity index (χ3v) is 5.04. The fraction of sp³-hybridized carbons (Fsp3) is 0.467. The van der Waals surface area contributed by atoms with Crippen molar-refractivity contribution in [3.8, 4) is 5.75 Å². The van der Waals surface area contributed by atoms with Gasteiger partial charge in [0.25, 0.3) is 0 Å². The quantitative estimate of drug-likeness (QED) is 0.786. The smallest absolute Gasteiger partial charge is 0.313 e. The van der Waals surface area contributed by atoms with E-state index in [1.807, 2.05) is 13.8 Å². The van der Waals surface area contributed by atoms with Gasteiger partial charge in [0.05, 0.1) is 23.3 Å². The molecule has 1 aromatic rings. The number of hydrogen-bond donors (Lipinski definition) is 2. The maximum absolute atomic E-state index is 12.0. The van der Waals surface area contributed by atoms with E-state index in [2.05, 4.69) is 10.6 Å². The summed E-state index contributed by atoms with van der Waals surface area (Å²) in [6.45, 7) is 3.71. The lowest BCUT2D eigenvalue weighted by atomic mass is 10.2. The van der Waals surface area contributed by atoms with Gasteiger partial charge in [-0.05, 0) is 32.4 Å². The molecule has 2 N–H and O–H groups in total. The average molecular weight is 340 g/mol. The number of rotatable bonds is 4. The molecule has 0 bridgehead atoms. The second-order valence-corrected chi connectivity index (χ2v) is 7.92. The highest BCUT2D eigenvalue weighted by atomic mass is 32.2. The standard InChI is InChI=1S/C15H20N2O5S/c1-10(2)22-13-6-4-3-5-12(13)17-15(19)14(18)16-11-7-8-23(20,21)9-11/h3-6,10-11H,7-9H2,1-2H3,(H,16,18)(H,17,19). The summed E-state index contributed by atoms with van der Waals surface area (Å²) >= 11 is 0. The van der Waals surface area contributed by atoms with Crippen LogP contribution in [0, 0.1) is 0 Å². The van der Waals surface area contributed by atoms with Crippen molar-refractivity contribution in [1.82, 2.24) is 5.32 Å². The molecule has 0 saturated carbocycles. The highest BCUT2D eigenvalue weighted by Crippen LogP contribution is 2.24. The fourth-order valence-corrected chi connectivity index (χ4v) is 3.94. The molecule has 2 rings (SSSR count). The number of anilines is 1. The van der Waals surface area contributed by atoms with Crippen molar-refractivity contribution in [3.05, 3.63) is 24.3 Å². The number of carbonyl (C=O) groups excluding carboxylic acids is 2. The molecule has 1 aliphatic rings. The SMILES string of the molecule is CC(C)Oc1ccccc1NC(=O)C(=O)NC1CCS(=O)(=O)C1. The highest BCUT2D eigenvalue weighted by Gasteiger charge is 2.30. The van der Waals surface area contributed by atoms with E-state index in [0.717, 1.165) is 0 Å². The molecule has 23 heavy (non-hydrogen) atoms. The Morgan fingerprint density at radius 2 is 1.91 bits per heavy atom. The predicted molar refractivity (Wildman–Crippen MR) is 86.0 cm³/mol. The summed E-state index contributed by atoms with van der Waals surface area (Å²) in [7, 11) is -3.11. The summed E-state index contributed by atoms with van der Waals surface area (Å²) in [6, 6.07) is 6.28. The zero-order chi connectivity index (χ0) is 17.0. The average Bonchev–Trinajstić information content (AvgIpc) is 2.79. The molecule has 1 atom stereocenters. The van der Waals surface area contributed by atoms with Crippen LogP contribution >= 0.6 is 0 Å². The lowest BCUT2D eigenvalue weighted by Gasteiger charge is -2.15. The number of benzene rings is 1. The molecule has 1 fully saturated rings. The number of hydrogen-bond acceptors (Lipinski definition) is 5. The summed E-state index contributed by atoms with van der Waals surface area (Å²) in [5, 5.41) is 4.93. The minimum absolute atomic E-state index is 0.0324. The van der Waals surface area contributed by atoms with Gasteiger partial charge < -0.3 is 15.4 Å². The minimum atomic E-state index is -3.11. The second-order valence-electron chi connectivity index (χ2n) is 5.69. The molecule has 8 heteroatoms. The van der Waals surface area contributed by atoms with Crippen molar-refractivity contribution in [1.29, 1.82) is 0 Å². The largest absolute Gasteiger partial charge is 0.489 e. The first-order valence-corrected chi connectivity index (χ1v) is 9.17. The summed E-state index contributed by atoms with van der Waals surface area (Å²) < 4.78 is 28.3.